The van der Waals surface area contributed by atoms with E-state index in [0.29, 0.717) is 11.4 Å². The summed E-state index contributed by atoms with van der Waals surface area (Å²) in [7, 11) is 0. The molecule has 2 nitrogen and oxygen atoms in total. The van der Waals surface area contributed by atoms with Crippen LogP contribution in [-0.2, 0) is 10.2 Å². The summed E-state index contributed by atoms with van der Waals surface area (Å²) in [6.45, 7) is 4.12. The first-order chi connectivity index (χ1) is 6.92. The third-order valence-electron chi connectivity index (χ3n) is 3.13. The van der Waals surface area contributed by atoms with Crippen molar-refractivity contribution in [2.75, 3.05) is 0 Å². The van der Waals surface area contributed by atoms with Gasteiger partial charge in [-0.2, -0.15) is 0 Å². The zero-order valence-corrected chi connectivity index (χ0v) is 9.51. The minimum atomic E-state index is -0.746. The number of carboxylic acids is 1. The van der Waals surface area contributed by atoms with Crippen LogP contribution in [0.5, 0.6) is 0 Å². The number of rotatable bonds is 1. The van der Waals surface area contributed by atoms with E-state index in [1.54, 1.807) is 6.07 Å². The van der Waals surface area contributed by atoms with E-state index in [-0.39, 0.29) is 11.3 Å². The molecule has 1 aliphatic carbocycles. The Kier molecular flexibility index (Phi) is 2.27. The second-order valence-corrected chi connectivity index (χ2v) is 5.15. The topological polar surface area (TPSA) is 37.3 Å². The first-order valence-electron chi connectivity index (χ1n) is 4.94. The van der Waals surface area contributed by atoms with E-state index >= 15 is 0 Å². The Hall–Kier alpha value is -1.02. The predicted molar refractivity (Wildman–Crippen MR) is 59.5 cm³/mol. The molecule has 1 aliphatic rings. The highest BCUT2D eigenvalue weighted by Gasteiger charge is 2.40. The van der Waals surface area contributed by atoms with Crippen molar-refractivity contribution in [1.82, 2.24) is 0 Å². The van der Waals surface area contributed by atoms with Gasteiger partial charge in [-0.15, -0.1) is 0 Å². The number of carboxylic acid groups (broad SMARTS) is 1. The maximum atomic E-state index is 11.1. The molecule has 1 N–H and O–H groups in total. The fourth-order valence-electron chi connectivity index (χ4n) is 2.37. The van der Waals surface area contributed by atoms with E-state index in [9.17, 15) is 4.79 Å². The highest BCUT2D eigenvalue weighted by Crippen LogP contribution is 2.46. The molecular weight excluding hydrogens is 212 g/mol. The lowest BCUT2D eigenvalue weighted by Crippen LogP contribution is -2.14. The fourth-order valence-corrected chi connectivity index (χ4v) is 2.54. The van der Waals surface area contributed by atoms with Crippen LogP contribution in [0.1, 0.15) is 37.3 Å². The Morgan fingerprint density at radius 1 is 1.53 bits per heavy atom. The zero-order chi connectivity index (χ0) is 11.2. The van der Waals surface area contributed by atoms with E-state index in [0.717, 1.165) is 11.1 Å². The summed E-state index contributed by atoms with van der Waals surface area (Å²) in [6.07, 6.45) is 0.651. The highest BCUT2D eigenvalue weighted by atomic mass is 35.5. The molecule has 0 aromatic heterocycles. The third-order valence-corrected chi connectivity index (χ3v) is 3.37. The fraction of sp³-hybridized carbons (Fsp3) is 0.417. The Morgan fingerprint density at radius 3 is 2.80 bits per heavy atom. The van der Waals surface area contributed by atoms with Crippen molar-refractivity contribution in [3.05, 3.63) is 34.3 Å². The van der Waals surface area contributed by atoms with Gasteiger partial charge in [0.25, 0.3) is 0 Å². The van der Waals surface area contributed by atoms with Gasteiger partial charge in [0.1, 0.15) is 0 Å². The van der Waals surface area contributed by atoms with Crippen molar-refractivity contribution in [2.24, 2.45) is 0 Å². The van der Waals surface area contributed by atoms with Gasteiger partial charge in [-0.1, -0.05) is 31.5 Å². The molecule has 0 saturated carbocycles. The largest absolute Gasteiger partial charge is 0.481 e. The summed E-state index contributed by atoms with van der Waals surface area (Å²) < 4.78 is 0. The molecule has 0 spiro atoms. The Morgan fingerprint density at radius 2 is 2.20 bits per heavy atom. The van der Waals surface area contributed by atoms with Crippen molar-refractivity contribution < 1.29 is 9.90 Å². The lowest BCUT2D eigenvalue weighted by Gasteiger charge is -2.18. The first kappa shape index (κ1) is 10.5. The quantitative estimate of drug-likeness (QED) is 0.796. The minimum absolute atomic E-state index is 0.0940. The molecule has 1 atom stereocenters. The molecular formula is C12H13ClO2. The average molecular weight is 225 g/mol. The van der Waals surface area contributed by atoms with Gasteiger partial charge < -0.3 is 5.11 Å². The van der Waals surface area contributed by atoms with Crippen LogP contribution < -0.4 is 0 Å². The van der Waals surface area contributed by atoms with Gasteiger partial charge in [0.15, 0.2) is 0 Å². The average Bonchev–Trinajstić information content (AvgIpc) is 2.39. The van der Waals surface area contributed by atoms with Gasteiger partial charge in [0, 0.05) is 5.02 Å². The van der Waals surface area contributed by atoms with Crippen LogP contribution in [0.3, 0.4) is 0 Å². The monoisotopic (exact) mass is 224 g/mol. The van der Waals surface area contributed by atoms with Crippen LogP contribution in [0, 0.1) is 0 Å². The van der Waals surface area contributed by atoms with Crippen LogP contribution >= 0.6 is 11.6 Å². The molecule has 1 unspecified atom stereocenters. The lowest BCUT2D eigenvalue weighted by atomic mass is 9.86. The SMILES string of the molecule is CC1(C)CC(C(=O)O)c2ccc(Cl)cc21. The summed E-state index contributed by atoms with van der Waals surface area (Å²) in [6, 6.07) is 5.49. The molecule has 0 bridgehead atoms. The Bertz CT molecular complexity index is 424. The Labute approximate surface area is 93.9 Å². The van der Waals surface area contributed by atoms with Crippen molar-refractivity contribution in [3.8, 4) is 0 Å². The number of fused-ring (bicyclic) bond motifs is 1. The summed E-state index contributed by atoms with van der Waals surface area (Å²) in [4.78, 5) is 11.1. The van der Waals surface area contributed by atoms with Gasteiger partial charge >= 0.3 is 5.97 Å². The minimum Gasteiger partial charge on any atom is -0.481 e. The van der Waals surface area contributed by atoms with Gasteiger partial charge in [-0.25, -0.2) is 0 Å². The zero-order valence-electron chi connectivity index (χ0n) is 8.75. The van der Waals surface area contributed by atoms with Crippen molar-refractivity contribution in [1.29, 1.82) is 0 Å². The lowest BCUT2D eigenvalue weighted by molar-refractivity contribution is -0.139. The summed E-state index contributed by atoms with van der Waals surface area (Å²) in [5.41, 5.74) is 1.89. The first-order valence-corrected chi connectivity index (χ1v) is 5.32. The van der Waals surface area contributed by atoms with Crippen molar-refractivity contribution in [2.45, 2.75) is 31.6 Å². The van der Waals surface area contributed by atoms with Gasteiger partial charge in [0.05, 0.1) is 5.92 Å². The van der Waals surface area contributed by atoms with E-state index in [1.165, 1.54) is 0 Å². The summed E-state index contributed by atoms with van der Waals surface area (Å²) in [5.74, 6) is -1.13. The normalized spacial score (nSPS) is 22.5. The maximum absolute atomic E-state index is 11.1. The molecule has 1 aromatic carbocycles. The van der Waals surface area contributed by atoms with Crippen molar-refractivity contribution >= 4 is 17.6 Å². The number of carbonyl (C=O) groups is 1. The number of hydrogen-bond donors (Lipinski definition) is 1. The van der Waals surface area contributed by atoms with Gasteiger partial charge in [-0.3, -0.25) is 4.79 Å². The molecule has 3 heteroatoms. The predicted octanol–water partition coefficient (Wildman–Crippen LogP) is 3.19. The molecule has 0 radical (unpaired) electrons. The van der Waals surface area contributed by atoms with Crippen molar-refractivity contribution in [3.63, 3.8) is 0 Å². The molecule has 0 heterocycles. The van der Waals surface area contributed by atoms with E-state index in [4.69, 9.17) is 16.7 Å². The standard InChI is InChI=1S/C12H13ClO2/c1-12(2)6-9(11(14)15)8-4-3-7(13)5-10(8)12/h3-5,9H,6H2,1-2H3,(H,14,15). The molecule has 0 aliphatic heterocycles. The molecule has 0 fully saturated rings. The molecule has 15 heavy (non-hydrogen) atoms. The van der Waals surface area contributed by atoms with Crippen LogP contribution in [-0.4, -0.2) is 11.1 Å². The summed E-state index contributed by atoms with van der Waals surface area (Å²) in [5, 5.41) is 9.80. The Balaban J connectivity index is 2.58. The second-order valence-electron chi connectivity index (χ2n) is 4.71. The molecule has 1 aromatic rings. The molecule has 2 rings (SSSR count). The van der Waals surface area contributed by atoms with Crippen LogP contribution in [0.15, 0.2) is 18.2 Å². The van der Waals surface area contributed by atoms with Crippen LogP contribution in [0.4, 0.5) is 0 Å². The van der Waals surface area contributed by atoms with Crippen LogP contribution in [0.2, 0.25) is 5.02 Å². The maximum Gasteiger partial charge on any atom is 0.311 e. The molecule has 0 amide bonds. The number of benzene rings is 1. The van der Waals surface area contributed by atoms with E-state index in [2.05, 4.69) is 13.8 Å². The third kappa shape index (κ3) is 1.63. The van der Waals surface area contributed by atoms with Gasteiger partial charge in [0.2, 0.25) is 0 Å². The van der Waals surface area contributed by atoms with E-state index < -0.39 is 5.97 Å². The highest BCUT2D eigenvalue weighted by molar-refractivity contribution is 6.30. The number of aliphatic carboxylic acids is 1. The smallest absolute Gasteiger partial charge is 0.311 e. The second kappa shape index (κ2) is 3.24. The van der Waals surface area contributed by atoms with E-state index in [1.807, 2.05) is 12.1 Å². The number of hydrogen-bond acceptors (Lipinski definition) is 1. The van der Waals surface area contributed by atoms with Gasteiger partial charge in [-0.05, 0) is 35.1 Å². The molecule has 80 valence electrons. The van der Waals surface area contributed by atoms with Crippen LogP contribution in [0.25, 0.3) is 0 Å². The molecule has 0 saturated heterocycles. The summed E-state index contributed by atoms with van der Waals surface area (Å²) >= 11 is 5.93. The number of halogens is 1.